The van der Waals surface area contributed by atoms with Gasteiger partial charge in [-0.1, -0.05) is 0 Å². The maximum absolute atomic E-state index is 11.0. The SMILES string of the molecule is CC(=O)c1cc(Br)c(I)c(C=O)c1. The topological polar surface area (TPSA) is 34.1 Å². The lowest BCUT2D eigenvalue weighted by molar-refractivity contribution is 0.101. The van der Waals surface area contributed by atoms with Crippen LogP contribution >= 0.6 is 38.5 Å². The van der Waals surface area contributed by atoms with Crippen molar-refractivity contribution < 1.29 is 9.59 Å². The normalized spacial score (nSPS) is 9.77. The van der Waals surface area contributed by atoms with Crippen LogP contribution in [0.4, 0.5) is 0 Å². The molecule has 0 aromatic heterocycles. The first kappa shape index (κ1) is 10.8. The van der Waals surface area contributed by atoms with Crippen LogP contribution in [-0.4, -0.2) is 12.1 Å². The molecule has 2 nitrogen and oxygen atoms in total. The number of rotatable bonds is 2. The summed E-state index contributed by atoms with van der Waals surface area (Å²) in [5.41, 5.74) is 1.09. The molecule has 0 saturated heterocycles. The van der Waals surface area contributed by atoms with Crippen molar-refractivity contribution in [1.82, 2.24) is 0 Å². The molecular weight excluding hydrogens is 347 g/mol. The van der Waals surface area contributed by atoms with Crippen LogP contribution in [0.3, 0.4) is 0 Å². The minimum Gasteiger partial charge on any atom is -0.298 e. The Bertz CT molecular complexity index is 374. The molecule has 0 aliphatic rings. The van der Waals surface area contributed by atoms with E-state index in [1.54, 1.807) is 12.1 Å². The number of hydrogen-bond acceptors (Lipinski definition) is 2. The second-order valence-corrected chi connectivity index (χ2v) is 4.47. The van der Waals surface area contributed by atoms with E-state index in [1.165, 1.54) is 6.92 Å². The maximum Gasteiger partial charge on any atom is 0.159 e. The van der Waals surface area contributed by atoms with Gasteiger partial charge < -0.3 is 0 Å². The summed E-state index contributed by atoms with van der Waals surface area (Å²) in [7, 11) is 0. The van der Waals surface area contributed by atoms with Crippen molar-refractivity contribution in [2.24, 2.45) is 0 Å². The zero-order chi connectivity index (χ0) is 10.0. The van der Waals surface area contributed by atoms with E-state index in [1.807, 2.05) is 0 Å². The Morgan fingerprint density at radius 2 is 2.15 bits per heavy atom. The molecule has 0 unspecified atom stereocenters. The second-order valence-electron chi connectivity index (χ2n) is 2.54. The van der Waals surface area contributed by atoms with Crippen molar-refractivity contribution >= 4 is 50.6 Å². The average Bonchev–Trinajstić information content (AvgIpc) is 2.09. The predicted molar refractivity (Wildman–Crippen MR) is 62.3 cm³/mol. The van der Waals surface area contributed by atoms with E-state index in [-0.39, 0.29) is 5.78 Å². The number of ketones is 1. The minimum absolute atomic E-state index is 0.0415. The highest BCUT2D eigenvalue weighted by Crippen LogP contribution is 2.24. The Morgan fingerprint density at radius 1 is 1.54 bits per heavy atom. The van der Waals surface area contributed by atoms with Crippen LogP contribution in [0.2, 0.25) is 0 Å². The van der Waals surface area contributed by atoms with Crippen LogP contribution in [0.5, 0.6) is 0 Å². The molecule has 68 valence electrons. The molecule has 0 aliphatic heterocycles. The summed E-state index contributed by atoms with van der Waals surface area (Å²) >= 11 is 5.34. The minimum atomic E-state index is -0.0415. The number of carbonyl (C=O) groups excluding carboxylic acids is 2. The van der Waals surface area contributed by atoms with Gasteiger partial charge in [-0.2, -0.15) is 0 Å². The largest absolute Gasteiger partial charge is 0.298 e. The van der Waals surface area contributed by atoms with E-state index in [0.717, 1.165) is 14.3 Å². The van der Waals surface area contributed by atoms with E-state index in [4.69, 9.17) is 0 Å². The summed E-state index contributed by atoms with van der Waals surface area (Å²) in [5, 5.41) is 0. The maximum atomic E-state index is 11.0. The number of carbonyl (C=O) groups is 2. The van der Waals surface area contributed by atoms with Crippen molar-refractivity contribution in [3.63, 3.8) is 0 Å². The molecule has 0 atom stereocenters. The highest BCUT2D eigenvalue weighted by molar-refractivity contribution is 14.1. The number of Topliss-reactive ketones (excluding diaryl/α,β-unsaturated/α-hetero) is 1. The van der Waals surface area contributed by atoms with Crippen LogP contribution in [0, 0.1) is 3.57 Å². The average molecular weight is 353 g/mol. The number of aldehydes is 1. The van der Waals surface area contributed by atoms with E-state index in [9.17, 15) is 9.59 Å². The molecule has 1 aromatic carbocycles. The van der Waals surface area contributed by atoms with Gasteiger partial charge in [0.15, 0.2) is 12.1 Å². The summed E-state index contributed by atoms with van der Waals surface area (Å²) < 4.78 is 1.61. The van der Waals surface area contributed by atoms with E-state index < -0.39 is 0 Å². The third-order valence-corrected chi connectivity index (χ3v) is 4.16. The first-order valence-electron chi connectivity index (χ1n) is 3.51. The van der Waals surface area contributed by atoms with Gasteiger partial charge in [0.1, 0.15) is 0 Å². The third-order valence-electron chi connectivity index (χ3n) is 1.59. The summed E-state index contributed by atoms with van der Waals surface area (Å²) in [6, 6.07) is 3.32. The summed E-state index contributed by atoms with van der Waals surface area (Å²) in [5.74, 6) is -0.0415. The lowest BCUT2D eigenvalue weighted by Crippen LogP contribution is -1.96. The third kappa shape index (κ3) is 2.37. The first-order chi connectivity index (χ1) is 6.06. The van der Waals surface area contributed by atoms with Crippen molar-refractivity contribution in [1.29, 1.82) is 0 Å². The molecule has 0 amide bonds. The van der Waals surface area contributed by atoms with Gasteiger partial charge >= 0.3 is 0 Å². The van der Waals surface area contributed by atoms with Crippen molar-refractivity contribution in [3.05, 3.63) is 31.3 Å². The standard InChI is InChI=1S/C9H6BrIO2/c1-5(13)6-2-7(4-12)9(11)8(10)3-6/h2-4H,1H3. The van der Waals surface area contributed by atoms with Gasteiger partial charge in [-0.25, -0.2) is 0 Å². The van der Waals surface area contributed by atoms with Crippen molar-refractivity contribution in [2.45, 2.75) is 6.92 Å². The molecule has 0 aliphatic carbocycles. The number of hydrogen-bond donors (Lipinski definition) is 0. The van der Waals surface area contributed by atoms with Gasteiger partial charge in [0.25, 0.3) is 0 Å². The molecule has 0 N–H and O–H groups in total. The summed E-state index contributed by atoms with van der Waals surface area (Å²) in [6.07, 6.45) is 0.749. The molecule has 4 heteroatoms. The molecule has 1 rings (SSSR count). The predicted octanol–water partition coefficient (Wildman–Crippen LogP) is 3.07. The fraction of sp³-hybridized carbons (Fsp3) is 0.111. The Morgan fingerprint density at radius 3 is 2.62 bits per heavy atom. The zero-order valence-electron chi connectivity index (χ0n) is 6.80. The van der Waals surface area contributed by atoms with Crippen LogP contribution in [0.1, 0.15) is 27.6 Å². The highest BCUT2D eigenvalue weighted by atomic mass is 127. The first-order valence-corrected chi connectivity index (χ1v) is 5.38. The fourth-order valence-electron chi connectivity index (χ4n) is 0.899. The van der Waals surface area contributed by atoms with Crippen LogP contribution in [0.25, 0.3) is 0 Å². The molecule has 0 heterocycles. The van der Waals surface area contributed by atoms with Crippen molar-refractivity contribution in [2.75, 3.05) is 0 Å². The second kappa shape index (κ2) is 4.32. The molecule has 0 bridgehead atoms. The molecule has 0 fully saturated rings. The number of benzene rings is 1. The smallest absolute Gasteiger partial charge is 0.159 e. The van der Waals surface area contributed by atoms with Crippen molar-refractivity contribution in [3.8, 4) is 0 Å². The molecule has 0 radical (unpaired) electrons. The number of halogens is 2. The van der Waals surface area contributed by atoms with Gasteiger partial charge in [-0.3, -0.25) is 9.59 Å². The van der Waals surface area contributed by atoms with Crippen LogP contribution in [-0.2, 0) is 0 Å². The van der Waals surface area contributed by atoms with Gasteiger partial charge in [0, 0.05) is 19.2 Å². The zero-order valence-corrected chi connectivity index (χ0v) is 10.5. The van der Waals surface area contributed by atoms with E-state index in [2.05, 4.69) is 38.5 Å². The van der Waals surface area contributed by atoms with Crippen LogP contribution < -0.4 is 0 Å². The fourth-order valence-corrected chi connectivity index (χ4v) is 1.81. The Kier molecular flexibility index (Phi) is 3.61. The summed E-state index contributed by atoms with van der Waals surface area (Å²) in [6.45, 7) is 1.48. The van der Waals surface area contributed by atoms with Gasteiger partial charge in [0.05, 0.1) is 0 Å². The molecule has 0 saturated carbocycles. The van der Waals surface area contributed by atoms with E-state index in [0.29, 0.717) is 11.1 Å². The van der Waals surface area contributed by atoms with Gasteiger partial charge in [-0.05, 0) is 57.6 Å². The Labute approximate surface area is 98.0 Å². The molecular formula is C9H6BrIO2. The lowest BCUT2D eigenvalue weighted by Gasteiger charge is -2.02. The monoisotopic (exact) mass is 352 g/mol. The van der Waals surface area contributed by atoms with E-state index >= 15 is 0 Å². The van der Waals surface area contributed by atoms with Crippen LogP contribution in [0.15, 0.2) is 16.6 Å². The Hall–Kier alpha value is -0.230. The van der Waals surface area contributed by atoms with Gasteiger partial charge in [-0.15, -0.1) is 0 Å². The highest BCUT2D eigenvalue weighted by Gasteiger charge is 2.08. The molecule has 13 heavy (non-hydrogen) atoms. The summed E-state index contributed by atoms with van der Waals surface area (Å²) in [4.78, 5) is 21.7. The Balaban J connectivity index is 3.38. The quantitative estimate of drug-likeness (QED) is 0.465. The molecule has 0 spiro atoms. The lowest BCUT2D eigenvalue weighted by atomic mass is 10.1. The van der Waals surface area contributed by atoms with Gasteiger partial charge in [0.2, 0.25) is 0 Å². The molecule has 1 aromatic rings.